The second-order valence-corrected chi connectivity index (χ2v) is 2.94. The molecule has 0 saturated heterocycles. The van der Waals surface area contributed by atoms with Gasteiger partial charge in [0.15, 0.2) is 0 Å². The lowest BCUT2D eigenvalue weighted by Gasteiger charge is -1.94. The molecule has 0 unspecified atom stereocenters. The average molecular weight is 158 g/mol. The fourth-order valence-electron chi connectivity index (χ4n) is 0.971. The molecular formula is C12H14. The summed E-state index contributed by atoms with van der Waals surface area (Å²) in [5.74, 6) is 0. The predicted molar refractivity (Wildman–Crippen MR) is 54.9 cm³/mol. The molecule has 0 aliphatic heterocycles. The predicted octanol–water partition coefficient (Wildman–Crippen LogP) is 3.56. The Morgan fingerprint density at radius 3 is 2.75 bits per heavy atom. The second kappa shape index (κ2) is 4.55. The van der Waals surface area contributed by atoms with Gasteiger partial charge in [0.05, 0.1) is 0 Å². The van der Waals surface area contributed by atoms with Crippen molar-refractivity contribution in [3.63, 3.8) is 0 Å². The van der Waals surface area contributed by atoms with Crippen LogP contribution in [-0.4, -0.2) is 0 Å². The molecule has 0 aromatic heterocycles. The van der Waals surface area contributed by atoms with E-state index in [4.69, 9.17) is 0 Å². The Bertz CT molecular complexity index is 272. The van der Waals surface area contributed by atoms with E-state index in [-0.39, 0.29) is 0 Å². The van der Waals surface area contributed by atoms with Crippen molar-refractivity contribution >= 4 is 0 Å². The van der Waals surface area contributed by atoms with Crippen molar-refractivity contribution in [2.45, 2.75) is 13.3 Å². The third-order valence-corrected chi connectivity index (χ3v) is 1.69. The van der Waals surface area contributed by atoms with Crippen molar-refractivity contribution < 1.29 is 0 Å². The lowest BCUT2D eigenvalue weighted by atomic mass is 10.1. The molecule has 1 rings (SSSR count). The van der Waals surface area contributed by atoms with Crippen LogP contribution < -0.4 is 0 Å². The molecule has 0 fully saturated rings. The Kier molecular flexibility index (Phi) is 3.34. The highest BCUT2D eigenvalue weighted by Crippen LogP contribution is 2.05. The Morgan fingerprint density at radius 1 is 1.17 bits per heavy atom. The maximum atomic E-state index is 3.88. The summed E-state index contributed by atoms with van der Waals surface area (Å²) in [5, 5.41) is 0. The summed E-state index contributed by atoms with van der Waals surface area (Å²) in [6, 6.07) is 0. The average Bonchev–Trinajstić information content (AvgIpc) is 2.04. The van der Waals surface area contributed by atoms with Crippen molar-refractivity contribution in [3.05, 3.63) is 60.3 Å². The highest BCUT2D eigenvalue weighted by atomic mass is 13.9. The smallest absolute Gasteiger partial charge is 0.0135 e. The second-order valence-electron chi connectivity index (χ2n) is 2.94. The Morgan fingerprint density at radius 2 is 1.92 bits per heavy atom. The summed E-state index contributed by atoms with van der Waals surface area (Å²) in [7, 11) is 0. The zero-order valence-electron chi connectivity index (χ0n) is 7.46. The molecule has 0 aromatic carbocycles. The number of hydrogen-bond acceptors (Lipinski definition) is 0. The van der Waals surface area contributed by atoms with Gasteiger partial charge in [-0.25, -0.2) is 0 Å². The Balaban J connectivity index is 2.79. The molecule has 1 aliphatic carbocycles. The van der Waals surface area contributed by atoms with Crippen LogP contribution in [0, 0.1) is 0 Å². The Labute approximate surface area is 74.3 Å². The minimum Gasteiger partial charge on any atom is -0.0918 e. The van der Waals surface area contributed by atoms with Crippen LogP contribution in [0.3, 0.4) is 0 Å². The van der Waals surface area contributed by atoms with E-state index < -0.39 is 0 Å². The maximum Gasteiger partial charge on any atom is -0.0135 e. The van der Waals surface area contributed by atoms with Crippen LogP contribution >= 0.6 is 0 Å². The van der Waals surface area contributed by atoms with Gasteiger partial charge in [-0.1, -0.05) is 54.7 Å². The van der Waals surface area contributed by atoms with Gasteiger partial charge < -0.3 is 0 Å². The van der Waals surface area contributed by atoms with E-state index in [2.05, 4.69) is 31.7 Å². The summed E-state index contributed by atoms with van der Waals surface area (Å²) >= 11 is 0. The monoisotopic (exact) mass is 158 g/mol. The minimum atomic E-state index is 1.03. The molecule has 0 N–H and O–H groups in total. The number of rotatable bonds is 0. The summed E-state index contributed by atoms with van der Waals surface area (Å²) in [6.07, 6.45) is 15.4. The molecule has 0 atom stereocenters. The first-order valence-electron chi connectivity index (χ1n) is 4.15. The molecular weight excluding hydrogens is 144 g/mol. The molecule has 62 valence electrons. The van der Waals surface area contributed by atoms with Gasteiger partial charge in [-0.3, -0.25) is 0 Å². The Hall–Kier alpha value is -1.30. The van der Waals surface area contributed by atoms with E-state index in [0.29, 0.717) is 0 Å². The van der Waals surface area contributed by atoms with Gasteiger partial charge in [0.2, 0.25) is 0 Å². The summed E-state index contributed by atoms with van der Waals surface area (Å²) in [4.78, 5) is 0. The molecule has 0 amide bonds. The van der Waals surface area contributed by atoms with Crippen molar-refractivity contribution in [1.29, 1.82) is 0 Å². The van der Waals surface area contributed by atoms with Crippen LogP contribution in [0.25, 0.3) is 0 Å². The minimum absolute atomic E-state index is 1.03. The van der Waals surface area contributed by atoms with E-state index in [1.807, 2.05) is 24.3 Å². The third kappa shape index (κ3) is 3.20. The van der Waals surface area contributed by atoms with Crippen molar-refractivity contribution in [1.82, 2.24) is 0 Å². The molecule has 0 heteroatoms. The van der Waals surface area contributed by atoms with Crippen molar-refractivity contribution in [2.24, 2.45) is 0 Å². The lowest BCUT2D eigenvalue weighted by Crippen LogP contribution is -1.73. The molecule has 0 saturated carbocycles. The summed E-state index contributed by atoms with van der Waals surface area (Å²) in [6.45, 7) is 6.00. The van der Waals surface area contributed by atoms with Gasteiger partial charge in [0, 0.05) is 0 Å². The standard InChI is InChI=1S/C12H14/c1-11-7-4-3-5-8-12(2)10-6-9-11/h3-7,9-10H,1,8H2,2H3/b5-3-,7-4-,9-6-,12-10-. The molecule has 0 spiro atoms. The summed E-state index contributed by atoms with van der Waals surface area (Å²) in [5.41, 5.74) is 2.40. The van der Waals surface area contributed by atoms with E-state index in [9.17, 15) is 0 Å². The molecule has 0 nitrogen and oxygen atoms in total. The largest absolute Gasteiger partial charge is 0.0918 e. The number of allylic oxidation sites excluding steroid dienone is 9. The SMILES string of the molecule is C=C1/C=C\C=C/C/C(C)=C\C=C/1. The molecule has 1 aliphatic rings. The quantitative estimate of drug-likeness (QED) is 0.505. The first-order chi connectivity index (χ1) is 5.79. The van der Waals surface area contributed by atoms with E-state index in [0.717, 1.165) is 12.0 Å². The maximum absolute atomic E-state index is 3.88. The number of hydrogen-bond donors (Lipinski definition) is 0. The van der Waals surface area contributed by atoms with E-state index in [1.165, 1.54) is 5.57 Å². The van der Waals surface area contributed by atoms with Crippen LogP contribution in [0.5, 0.6) is 0 Å². The summed E-state index contributed by atoms with van der Waals surface area (Å²) < 4.78 is 0. The van der Waals surface area contributed by atoms with Crippen molar-refractivity contribution in [3.8, 4) is 0 Å². The topological polar surface area (TPSA) is 0 Å². The van der Waals surface area contributed by atoms with Crippen LogP contribution in [-0.2, 0) is 0 Å². The van der Waals surface area contributed by atoms with E-state index in [1.54, 1.807) is 0 Å². The first kappa shape index (κ1) is 8.79. The fourth-order valence-corrected chi connectivity index (χ4v) is 0.971. The molecule has 0 bridgehead atoms. The highest BCUT2D eigenvalue weighted by Gasteiger charge is 1.84. The van der Waals surface area contributed by atoms with Crippen LogP contribution in [0.4, 0.5) is 0 Å². The third-order valence-electron chi connectivity index (χ3n) is 1.69. The van der Waals surface area contributed by atoms with Crippen molar-refractivity contribution in [2.75, 3.05) is 0 Å². The molecule has 12 heavy (non-hydrogen) atoms. The van der Waals surface area contributed by atoms with Gasteiger partial charge in [0.1, 0.15) is 0 Å². The lowest BCUT2D eigenvalue weighted by molar-refractivity contribution is 1.21. The van der Waals surface area contributed by atoms with Gasteiger partial charge in [-0.15, -0.1) is 0 Å². The fraction of sp³-hybridized carbons (Fsp3) is 0.167. The molecule has 0 heterocycles. The zero-order valence-corrected chi connectivity index (χ0v) is 7.46. The van der Waals surface area contributed by atoms with E-state index >= 15 is 0 Å². The van der Waals surface area contributed by atoms with Gasteiger partial charge in [-0.05, 0) is 18.9 Å². The normalized spacial score (nSPS) is 30.1. The van der Waals surface area contributed by atoms with Gasteiger partial charge in [0.25, 0.3) is 0 Å². The first-order valence-corrected chi connectivity index (χ1v) is 4.15. The molecule has 0 aromatic rings. The van der Waals surface area contributed by atoms with Crippen LogP contribution in [0.2, 0.25) is 0 Å². The highest BCUT2D eigenvalue weighted by molar-refractivity contribution is 5.33. The zero-order chi connectivity index (χ0) is 8.81. The van der Waals surface area contributed by atoms with Crippen LogP contribution in [0.15, 0.2) is 60.3 Å². The van der Waals surface area contributed by atoms with Crippen LogP contribution in [0.1, 0.15) is 13.3 Å². The van der Waals surface area contributed by atoms with Gasteiger partial charge >= 0.3 is 0 Å². The molecule has 0 radical (unpaired) electrons. The van der Waals surface area contributed by atoms with Gasteiger partial charge in [-0.2, -0.15) is 0 Å².